The number of hydrogen-bond acceptors (Lipinski definition) is 2. The van der Waals surface area contributed by atoms with E-state index in [4.69, 9.17) is 0 Å². The van der Waals surface area contributed by atoms with Gasteiger partial charge >= 0.3 is 0 Å². The zero-order valence-electron chi connectivity index (χ0n) is 11.7. The molecule has 3 heteroatoms. The first kappa shape index (κ1) is 15.0. The van der Waals surface area contributed by atoms with Crippen LogP contribution in [0, 0.1) is 5.92 Å². The minimum atomic E-state index is -0.348. The Bertz CT molecular complexity index is 373. The lowest BCUT2D eigenvalue weighted by molar-refractivity contribution is 0.144. The maximum atomic E-state index is 10.2. The summed E-state index contributed by atoms with van der Waals surface area (Å²) in [6, 6.07) is 7.96. The van der Waals surface area contributed by atoms with Crippen molar-refractivity contribution in [1.82, 2.24) is 4.90 Å². The first-order chi connectivity index (χ1) is 9.15. The summed E-state index contributed by atoms with van der Waals surface area (Å²) < 4.78 is 1.06. The van der Waals surface area contributed by atoms with Crippen molar-refractivity contribution in [3.05, 3.63) is 34.3 Å². The number of hydrogen-bond donors (Lipinski definition) is 1. The first-order valence-corrected chi connectivity index (χ1v) is 8.06. The van der Waals surface area contributed by atoms with Gasteiger partial charge in [-0.15, -0.1) is 0 Å². The summed E-state index contributed by atoms with van der Waals surface area (Å²) in [5.74, 6) is 0.884. The Morgan fingerprint density at radius 3 is 2.53 bits per heavy atom. The van der Waals surface area contributed by atoms with Crippen molar-refractivity contribution in [2.75, 3.05) is 20.1 Å². The average molecular weight is 326 g/mol. The van der Waals surface area contributed by atoms with Crippen LogP contribution in [0.2, 0.25) is 0 Å². The number of halogens is 1. The Labute approximate surface area is 124 Å². The smallest absolute Gasteiger partial charge is 0.0802 e. The maximum Gasteiger partial charge on any atom is 0.0802 e. The molecule has 1 unspecified atom stereocenters. The summed E-state index contributed by atoms with van der Waals surface area (Å²) in [5, 5.41) is 10.2. The first-order valence-electron chi connectivity index (χ1n) is 7.27. The summed E-state index contributed by atoms with van der Waals surface area (Å²) in [6.45, 7) is 2.15. The maximum absolute atomic E-state index is 10.2. The van der Waals surface area contributed by atoms with Crippen molar-refractivity contribution in [2.45, 2.75) is 38.2 Å². The Morgan fingerprint density at radius 1 is 1.26 bits per heavy atom. The van der Waals surface area contributed by atoms with Crippen LogP contribution in [0.1, 0.15) is 43.8 Å². The largest absolute Gasteiger partial charge is 0.388 e. The zero-order chi connectivity index (χ0) is 13.7. The number of benzene rings is 1. The zero-order valence-corrected chi connectivity index (χ0v) is 13.3. The van der Waals surface area contributed by atoms with E-state index in [-0.39, 0.29) is 6.10 Å². The van der Waals surface area contributed by atoms with Gasteiger partial charge in [0, 0.05) is 17.6 Å². The molecule has 2 nitrogen and oxygen atoms in total. The lowest BCUT2D eigenvalue weighted by atomic mass is 10.1. The number of aliphatic hydroxyl groups is 1. The van der Waals surface area contributed by atoms with Crippen LogP contribution in [0.15, 0.2) is 28.7 Å². The van der Waals surface area contributed by atoms with Crippen molar-refractivity contribution in [1.29, 1.82) is 0 Å². The van der Waals surface area contributed by atoms with Gasteiger partial charge in [-0.3, -0.25) is 0 Å². The molecule has 1 aliphatic rings. The van der Waals surface area contributed by atoms with Crippen LogP contribution in [-0.2, 0) is 0 Å². The monoisotopic (exact) mass is 325 g/mol. The fourth-order valence-corrected chi connectivity index (χ4v) is 3.18. The van der Waals surface area contributed by atoms with Crippen LogP contribution in [0.4, 0.5) is 0 Å². The van der Waals surface area contributed by atoms with Crippen molar-refractivity contribution in [3.8, 4) is 0 Å². The van der Waals surface area contributed by atoms with Gasteiger partial charge in [0.15, 0.2) is 0 Å². The summed E-state index contributed by atoms with van der Waals surface area (Å²) in [4.78, 5) is 2.37. The predicted molar refractivity (Wildman–Crippen MR) is 83.2 cm³/mol. The molecule has 2 rings (SSSR count). The van der Waals surface area contributed by atoms with E-state index in [9.17, 15) is 5.11 Å². The number of aliphatic hydroxyl groups excluding tert-OH is 1. The van der Waals surface area contributed by atoms with Crippen molar-refractivity contribution in [3.63, 3.8) is 0 Å². The van der Waals surface area contributed by atoms with E-state index in [1.807, 2.05) is 24.3 Å². The normalized spacial score (nSPS) is 18.1. The molecule has 1 saturated carbocycles. The van der Waals surface area contributed by atoms with Gasteiger partial charge in [-0.2, -0.15) is 0 Å². The van der Waals surface area contributed by atoms with E-state index in [1.54, 1.807) is 0 Å². The molecule has 1 aromatic carbocycles. The second kappa shape index (κ2) is 7.41. The molecule has 19 heavy (non-hydrogen) atoms. The molecule has 1 atom stereocenters. The Kier molecular flexibility index (Phi) is 5.86. The molecule has 1 N–H and O–H groups in total. The number of nitrogens with zero attached hydrogens (tertiary/aromatic N) is 1. The molecule has 0 heterocycles. The number of rotatable bonds is 6. The minimum absolute atomic E-state index is 0.348. The van der Waals surface area contributed by atoms with Gasteiger partial charge in [0.1, 0.15) is 0 Å². The van der Waals surface area contributed by atoms with Crippen molar-refractivity contribution in [2.24, 2.45) is 5.92 Å². The predicted octanol–water partition coefficient (Wildman–Crippen LogP) is 3.99. The van der Waals surface area contributed by atoms with Gasteiger partial charge in [-0.1, -0.05) is 40.9 Å². The van der Waals surface area contributed by atoms with Gasteiger partial charge < -0.3 is 10.0 Å². The fourth-order valence-electron chi connectivity index (χ4n) is 2.92. The molecule has 1 aromatic rings. The minimum Gasteiger partial charge on any atom is -0.388 e. The molecule has 0 spiro atoms. The SMILES string of the molecule is CN(CCC(O)c1ccc(Br)cc1)CC1CCCC1. The van der Waals surface area contributed by atoms with Crippen LogP contribution < -0.4 is 0 Å². The summed E-state index contributed by atoms with van der Waals surface area (Å²) >= 11 is 3.42. The highest BCUT2D eigenvalue weighted by Gasteiger charge is 2.17. The summed E-state index contributed by atoms with van der Waals surface area (Å²) in [6.07, 6.45) is 6.04. The third-order valence-electron chi connectivity index (χ3n) is 4.08. The van der Waals surface area contributed by atoms with Crippen LogP contribution in [-0.4, -0.2) is 30.1 Å². The summed E-state index contributed by atoms with van der Waals surface area (Å²) in [7, 11) is 2.17. The fraction of sp³-hybridized carbons (Fsp3) is 0.625. The van der Waals surface area contributed by atoms with Gasteiger partial charge in [-0.05, 0) is 49.9 Å². The molecule has 0 radical (unpaired) electrons. The van der Waals surface area contributed by atoms with E-state index in [0.717, 1.165) is 28.9 Å². The molecule has 106 valence electrons. The quantitative estimate of drug-likeness (QED) is 0.854. The Balaban J connectivity index is 1.73. The van der Waals surface area contributed by atoms with E-state index in [0.29, 0.717) is 0 Å². The molecule has 1 aliphatic carbocycles. The third-order valence-corrected chi connectivity index (χ3v) is 4.61. The Hall–Kier alpha value is -0.380. The van der Waals surface area contributed by atoms with E-state index >= 15 is 0 Å². The van der Waals surface area contributed by atoms with Gasteiger partial charge in [-0.25, -0.2) is 0 Å². The molecule has 0 aromatic heterocycles. The van der Waals surface area contributed by atoms with Crippen LogP contribution in [0.25, 0.3) is 0 Å². The van der Waals surface area contributed by atoms with Crippen LogP contribution in [0.3, 0.4) is 0 Å². The van der Waals surface area contributed by atoms with Gasteiger partial charge in [0.25, 0.3) is 0 Å². The molecule has 0 saturated heterocycles. The standard InChI is InChI=1S/C16H24BrNO/c1-18(12-13-4-2-3-5-13)11-10-16(19)14-6-8-15(17)9-7-14/h6-9,13,16,19H,2-5,10-12H2,1H3. The second-order valence-electron chi connectivity index (χ2n) is 5.77. The molecule has 0 bridgehead atoms. The van der Waals surface area contributed by atoms with Gasteiger partial charge in [0.05, 0.1) is 6.10 Å². The molecule has 0 aliphatic heterocycles. The van der Waals surface area contributed by atoms with Crippen molar-refractivity contribution < 1.29 is 5.11 Å². The Morgan fingerprint density at radius 2 is 1.89 bits per heavy atom. The summed E-state index contributed by atoms with van der Waals surface area (Å²) in [5.41, 5.74) is 1.01. The molecule has 1 fully saturated rings. The second-order valence-corrected chi connectivity index (χ2v) is 6.68. The molecular weight excluding hydrogens is 302 g/mol. The highest BCUT2D eigenvalue weighted by molar-refractivity contribution is 9.10. The van der Waals surface area contributed by atoms with E-state index < -0.39 is 0 Å². The lowest BCUT2D eigenvalue weighted by Gasteiger charge is -2.22. The lowest BCUT2D eigenvalue weighted by Crippen LogP contribution is -2.26. The van der Waals surface area contributed by atoms with E-state index in [1.165, 1.54) is 32.2 Å². The molecular formula is C16H24BrNO. The van der Waals surface area contributed by atoms with Gasteiger partial charge in [0.2, 0.25) is 0 Å². The highest BCUT2D eigenvalue weighted by Crippen LogP contribution is 2.25. The topological polar surface area (TPSA) is 23.5 Å². The third kappa shape index (κ3) is 4.90. The average Bonchev–Trinajstić information content (AvgIpc) is 2.89. The van der Waals surface area contributed by atoms with Crippen LogP contribution >= 0.6 is 15.9 Å². The van der Waals surface area contributed by atoms with Crippen LogP contribution in [0.5, 0.6) is 0 Å². The van der Waals surface area contributed by atoms with Crippen molar-refractivity contribution >= 4 is 15.9 Å². The van der Waals surface area contributed by atoms with E-state index in [2.05, 4.69) is 27.9 Å². The highest BCUT2D eigenvalue weighted by atomic mass is 79.9. The molecule has 0 amide bonds.